The summed E-state index contributed by atoms with van der Waals surface area (Å²) in [5.74, 6) is 3.08. The molecule has 1 aromatic heterocycles. The highest BCUT2D eigenvalue weighted by atomic mass is 19.1. The van der Waals surface area contributed by atoms with E-state index in [4.69, 9.17) is 6.42 Å². The number of hydrogen-bond acceptors (Lipinski definition) is 3. The average molecular weight is 263 g/mol. The fourth-order valence-corrected chi connectivity index (χ4v) is 1.84. The summed E-state index contributed by atoms with van der Waals surface area (Å²) in [6.07, 6.45) is 7.60. The van der Waals surface area contributed by atoms with E-state index in [1.807, 2.05) is 4.90 Å². The molecule has 0 aliphatic rings. The van der Waals surface area contributed by atoms with Gasteiger partial charge in [-0.3, -0.25) is 0 Å². The monoisotopic (exact) mass is 263 g/mol. The fourth-order valence-electron chi connectivity index (χ4n) is 1.84. The molecule has 104 valence electrons. The maximum atomic E-state index is 13.4. The minimum absolute atomic E-state index is 0.318. The van der Waals surface area contributed by atoms with Crippen molar-refractivity contribution in [3.05, 3.63) is 23.6 Å². The van der Waals surface area contributed by atoms with E-state index in [2.05, 4.69) is 37.0 Å². The Kier molecular flexibility index (Phi) is 6.31. The van der Waals surface area contributed by atoms with Crippen LogP contribution in [-0.2, 0) is 6.54 Å². The minimum atomic E-state index is -0.318. The van der Waals surface area contributed by atoms with Crippen molar-refractivity contribution in [3.8, 4) is 12.3 Å². The first kappa shape index (κ1) is 15.5. The Hall–Kier alpha value is -1.60. The van der Waals surface area contributed by atoms with Gasteiger partial charge in [-0.25, -0.2) is 9.37 Å². The molecule has 0 aliphatic heterocycles. The van der Waals surface area contributed by atoms with Gasteiger partial charge in [-0.1, -0.05) is 26.7 Å². The van der Waals surface area contributed by atoms with Crippen LogP contribution in [0.5, 0.6) is 0 Å². The molecular weight excluding hydrogens is 241 g/mol. The van der Waals surface area contributed by atoms with E-state index >= 15 is 0 Å². The van der Waals surface area contributed by atoms with Crippen LogP contribution in [0.3, 0.4) is 0 Å². The molecular formula is C15H22FN3. The van der Waals surface area contributed by atoms with Crippen molar-refractivity contribution < 1.29 is 4.39 Å². The molecule has 0 bridgehead atoms. The Balaban J connectivity index is 2.99. The smallest absolute Gasteiger partial charge is 0.141 e. The van der Waals surface area contributed by atoms with Crippen molar-refractivity contribution in [2.24, 2.45) is 0 Å². The number of aromatic nitrogens is 1. The van der Waals surface area contributed by atoms with Crippen molar-refractivity contribution in [1.29, 1.82) is 0 Å². The lowest BCUT2D eigenvalue weighted by Gasteiger charge is -2.23. The third kappa shape index (κ3) is 4.88. The Labute approximate surface area is 115 Å². The Morgan fingerprint density at radius 1 is 1.53 bits per heavy atom. The minimum Gasteiger partial charge on any atom is -0.345 e. The van der Waals surface area contributed by atoms with Gasteiger partial charge in [0.05, 0.1) is 12.7 Å². The van der Waals surface area contributed by atoms with E-state index in [1.54, 1.807) is 0 Å². The highest BCUT2D eigenvalue weighted by Crippen LogP contribution is 2.19. The van der Waals surface area contributed by atoms with Gasteiger partial charge in [-0.15, -0.1) is 6.42 Å². The highest BCUT2D eigenvalue weighted by molar-refractivity contribution is 5.48. The SMILES string of the molecule is C#CCN(CCC)c1ncc(F)cc1CNC(C)C. The largest absolute Gasteiger partial charge is 0.345 e. The summed E-state index contributed by atoms with van der Waals surface area (Å²) in [4.78, 5) is 6.22. The third-order valence-corrected chi connectivity index (χ3v) is 2.69. The quantitative estimate of drug-likeness (QED) is 0.766. The summed E-state index contributed by atoms with van der Waals surface area (Å²) in [5.41, 5.74) is 0.845. The predicted molar refractivity (Wildman–Crippen MR) is 77.5 cm³/mol. The predicted octanol–water partition coefficient (Wildman–Crippen LogP) is 2.57. The molecule has 0 atom stereocenters. The zero-order valence-electron chi connectivity index (χ0n) is 11.9. The van der Waals surface area contributed by atoms with Crippen LogP contribution in [0, 0.1) is 18.2 Å². The van der Waals surface area contributed by atoms with Crippen molar-refractivity contribution in [1.82, 2.24) is 10.3 Å². The molecule has 4 heteroatoms. The zero-order valence-corrected chi connectivity index (χ0v) is 11.9. The number of rotatable bonds is 7. The van der Waals surface area contributed by atoms with E-state index in [1.165, 1.54) is 12.3 Å². The van der Waals surface area contributed by atoms with Gasteiger partial charge >= 0.3 is 0 Å². The normalized spacial score (nSPS) is 10.5. The van der Waals surface area contributed by atoms with Crippen molar-refractivity contribution >= 4 is 5.82 Å². The van der Waals surface area contributed by atoms with Crippen LogP contribution in [0.1, 0.15) is 32.8 Å². The van der Waals surface area contributed by atoms with E-state index in [0.29, 0.717) is 19.1 Å². The number of halogens is 1. The lowest BCUT2D eigenvalue weighted by Crippen LogP contribution is -2.29. The molecule has 3 nitrogen and oxygen atoms in total. The molecule has 0 unspecified atom stereocenters. The molecule has 0 spiro atoms. The average Bonchev–Trinajstić information content (AvgIpc) is 2.36. The van der Waals surface area contributed by atoms with Crippen molar-refractivity contribution in [2.45, 2.75) is 39.8 Å². The van der Waals surface area contributed by atoms with Gasteiger partial charge in [-0.05, 0) is 12.5 Å². The molecule has 1 heterocycles. The number of hydrogen-bond donors (Lipinski definition) is 1. The van der Waals surface area contributed by atoms with Gasteiger partial charge in [-0.2, -0.15) is 0 Å². The maximum Gasteiger partial charge on any atom is 0.141 e. The molecule has 0 saturated carbocycles. The Bertz CT molecular complexity index is 438. The second-order valence-electron chi connectivity index (χ2n) is 4.80. The molecule has 0 amide bonds. The number of nitrogens with one attached hydrogen (secondary N) is 1. The fraction of sp³-hybridized carbons (Fsp3) is 0.533. The van der Waals surface area contributed by atoms with E-state index in [-0.39, 0.29) is 5.82 Å². The van der Waals surface area contributed by atoms with E-state index < -0.39 is 0 Å². The summed E-state index contributed by atoms with van der Waals surface area (Å²) in [6, 6.07) is 1.86. The van der Waals surface area contributed by atoms with Crippen LogP contribution in [-0.4, -0.2) is 24.1 Å². The zero-order chi connectivity index (χ0) is 14.3. The summed E-state index contributed by atoms with van der Waals surface area (Å²) in [5, 5.41) is 3.28. The summed E-state index contributed by atoms with van der Waals surface area (Å²) < 4.78 is 13.4. The van der Waals surface area contributed by atoms with Crippen LogP contribution >= 0.6 is 0 Å². The molecule has 1 rings (SSSR count). The number of nitrogens with zero attached hydrogens (tertiary/aromatic N) is 2. The summed E-state index contributed by atoms with van der Waals surface area (Å²) >= 11 is 0. The Morgan fingerprint density at radius 2 is 2.26 bits per heavy atom. The highest BCUT2D eigenvalue weighted by Gasteiger charge is 2.12. The molecule has 1 N–H and O–H groups in total. The van der Waals surface area contributed by atoms with Crippen LogP contribution < -0.4 is 10.2 Å². The lowest BCUT2D eigenvalue weighted by atomic mass is 10.2. The first-order valence-electron chi connectivity index (χ1n) is 6.64. The lowest BCUT2D eigenvalue weighted by molar-refractivity contribution is 0.576. The van der Waals surface area contributed by atoms with Crippen LogP contribution in [0.15, 0.2) is 12.3 Å². The van der Waals surface area contributed by atoms with Gasteiger partial charge in [0.15, 0.2) is 0 Å². The second-order valence-corrected chi connectivity index (χ2v) is 4.80. The van der Waals surface area contributed by atoms with Crippen LogP contribution in [0.25, 0.3) is 0 Å². The van der Waals surface area contributed by atoms with Gasteiger partial charge in [0.1, 0.15) is 11.6 Å². The first-order valence-corrected chi connectivity index (χ1v) is 6.64. The number of anilines is 1. The van der Waals surface area contributed by atoms with Gasteiger partial charge < -0.3 is 10.2 Å². The molecule has 1 aromatic rings. The Morgan fingerprint density at radius 3 is 2.84 bits per heavy atom. The van der Waals surface area contributed by atoms with Gasteiger partial charge in [0, 0.05) is 24.7 Å². The summed E-state index contributed by atoms with van der Waals surface area (Å²) in [7, 11) is 0. The topological polar surface area (TPSA) is 28.2 Å². The molecule has 0 aliphatic carbocycles. The van der Waals surface area contributed by atoms with Crippen molar-refractivity contribution in [2.75, 3.05) is 18.0 Å². The number of pyridine rings is 1. The van der Waals surface area contributed by atoms with Crippen molar-refractivity contribution in [3.63, 3.8) is 0 Å². The molecule has 0 radical (unpaired) electrons. The summed E-state index contributed by atoms with van der Waals surface area (Å²) in [6.45, 7) is 8.08. The third-order valence-electron chi connectivity index (χ3n) is 2.69. The molecule has 0 aromatic carbocycles. The van der Waals surface area contributed by atoms with Crippen LogP contribution in [0.2, 0.25) is 0 Å². The van der Waals surface area contributed by atoms with Gasteiger partial charge in [0.25, 0.3) is 0 Å². The maximum absolute atomic E-state index is 13.4. The standard InChI is InChI=1S/C15H22FN3/c1-5-7-19(8-6-2)15-13(10-17-12(3)4)9-14(16)11-18-15/h1,9,11-12,17H,6-8,10H2,2-4H3. The molecule has 0 saturated heterocycles. The van der Waals surface area contributed by atoms with Gasteiger partial charge in [0.2, 0.25) is 0 Å². The first-order chi connectivity index (χ1) is 9.08. The second kappa shape index (κ2) is 7.75. The van der Waals surface area contributed by atoms with Crippen LogP contribution in [0.4, 0.5) is 10.2 Å². The molecule has 19 heavy (non-hydrogen) atoms. The molecule has 0 fully saturated rings. The van der Waals surface area contributed by atoms with E-state index in [0.717, 1.165) is 24.3 Å². The van der Waals surface area contributed by atoms with E-state index in [9.17, 15) is 4.39 Å². The number of terminal acetylenes is 1.